The first-order valence-electron chi connectivity index (χ1n) is 4.03. The van der Waals surface area contributed by atoms with Gasteiger partial charge in [0.2, 0.25) is 5.13 Å². The fourth-order valence-electron chi connectivity index (χ4n) is 1.15. The molecule has 0 unspecified atom stereocenters. The Morgan fingerprint density at radius 1 is 1.57 bits per heavy atom. The molecule has 0 atom stereocenters. The number of aromatic nitrogens is 4. The Kier molecular flexibility index (Phi) is 2.51. The standard InChI is InChI=1S/C7H8BrN5S/c1-2-13-5(4(8)3-10-13)6-11-12-7(9)14-6/h3H,2H2,1H3,(H2,9,12). The fraction of sp³-hybridized carbons (Fsp3) is 0.286. The van der Waals surface area contributed by atoms with Crippen LogP contribution in [-0.2, 0) is 6.54 Å². The Morgan fingerprint density at radius 2 is 2.36 bits per heavy atom. The molecular weight excluding hydrogens is 266 g/mol. The molecule has 0 aliphatic rings. The van der Waals surface area contributed by atoms with E-state index < -0.39 is 0 Å². The molecule has 0 spiro atoms. The average Bonchev–Trinajstić information content (AvgIpc) is 2.71. The van der Waals surface area contributed by atoms with Crippen LogP contribution in [0.1, 0.15) is 6.92 Å². The third-order valence-corrected chi connectivity index (χ3v) is 3.08. The van der Waals surface area contributed by atoms with E-state index in [0.717, 1.165) is 21.7 Å². The van der Waals surface area contributed by atoms with Gasteiger partial charge in [-0.05, 0) is 22.9 Å². The zero-order chi connectivity index (χ0) is 10.1. The molecule has 0 aliphatic carbocycles. The highest BCUT2D eigenvalue weighted by atomic mass is 79.9. The van der Waals surface area contributed by atoms with Crippen molar-refractivity contribution in [1.82, 2.24) is 20.0 Å². The second-order valence-electron chi connectivity index (χ2n) is 2.60. The monoisotopic (exact) mass is 273 g/mol. The Morgan fingerprint density at radius 3 is 2.93 bits per heavy atom. The van der Waals surface area contributed by atoms with Crippen LogP contribution in [0.2, 0.25) is 0 Å². The number of rotatable bonds is 2. The summed E-state index contributed by atoms with van der Waals surface area (Å²) >= 11 is 4.77. The molecule has 14 heavy (non-hydrogen) atoms. The zero-order valence-corrected chi connectivity index (χ0v) is 9.84. The molecule has 0 saturated heterocycles. The van der Waals surface area contributed by atoms with Crippen LogP contribution in [-0.4, -0.2) is 20.0 Å². The van der Waals surface area contributed by atoms with E-state index in [4.69, 9.17) is 5.73 Å². The minimum Gasteiger partial charge on any atom is -0.374 e. The predicted octanol–water partition coefficient (Wildman–Crippen LogP) is 1.77. The SMILES string of the molecule is CCn1ncc(Br)c1-c1nnc(N)s1. The molecule has 2 N–H and O–H groups in total. The summed E-state index contributed by atoms with van der Waals surface area (Å²) in [6, 6.07) is 0. The van der Waals surface area contributed by atoms with Gasteiger partial charge in [-0.2, -0.15) is 5.10 Å². The van der Waals surface area contributed by atoms with Crippen molar-refractivity contribution >= 4 is 32.4 Å². The lowest BCUT2D eigenvalue weighted by atomic mass is 10.4. The third-order valence-electron chi connectivity index (χ3n) is 1.74. The maximum absolute atomic E-state index is 5.53. The number of anilines is 1. The van der Waals surface area contributed by atoms with Crippen LogP contribution in [0.3, 0.4) is 0 Å². The lowest BCUT2D eigenvalue weighted by Crippen LogP contribution is -1.98. The summed E-state index contributed by atoms with van der Waals surface area (Å²) in [5.74, 6) is 0. The molecule has 7 heteroatoms. The second-order valence-corrected chi connectivity index (χ2v) is 4.47. The first-order valence-corrected chi connectivity index (χ1v) is 5.64. The summed E-state index contributed by atoms with van der Waals surface area (Å²) in [5.41, 5.74) is 6.46. The van der Waals surface area contributed by atoms with Gasteiger partial charge in [0, 0.05) is 6.54 Å². The minimum absolute atomic E-state index is 0.468. The van der Waals surface area contributed by atoms with Gasteiger partial charge < -0.3 is 5.73 Å². The average molecular weight is 274 g/mol. The lowest BCUT2D eigenvalue weighted by molar-refractivity contribution is 0.666. The van der Waals surface area contributed by atoms with Gasteiger partial charge in [-0.15, -0.1) is 10.2 Å². The molecule has 5 nitrogen and oxygen atoms in total. The Labute approximate surface area is 93.1 Å². The van der Waals surface area contributed by atoms with Gasteiger partial charge in [0.05, 0.1) is 10.7 Å². The molecule has 0 amide bonds. The van der Waals surface area contributed by atoms with Crippen LogP contribution in [0.4, 0.5) is 5.13 Å². The highest BCUT2D eigenvalue weighted by Gasteiger charge is 2.14. The number of nitrogens with zero attached hydrogens (tertiary/aromatic N) is 4. The van der Waals surface area contributed by atoms with E-state index in [1.54, 1.807) is 6.20 Å². The molecule has 0 bridgehead atoms. The van der Waals surface area contributed by atoms with Crippen LogP contribution in [0.25, 0.3) is 10.7 Å². The molecule has 0 saturated carbocycles. The molecule has 2 heterocycles. The van der Waals surface area contributed by atoms with E-state index in [0.29, 0.717) is 5.13 Å². The number of hydrogen-bond acceptors (Lipinski definition) is 5. The number of nitrogens with two attached hydrogens (primary N) is 1. The smallest absolute Gasteiger partial charge is 0.203 e. The van der Waals surface area contributed by atoms with E-state index >= 15 is 0 Å². The van der Waals surface area contributed by atoms with E-state index in [-0.39, 0.29) is 0 Å². The summed E-state index contributed by atoms with van der Waals surface area (Å²) in [5, 5.41) is 13.2. The van der Waals surface area contributed by atoms with Crippen molar-refractivity contribution in [2.45, 2.75) is 13.5 Å². The third kappa shape index (κ3) is 1.53. The summed E-state index contributed by atoms with van der Waals surface area (Å²) < 4.78 is 2.76. The Hall–Kier alpha value is -0.950. The number of hydrogen-bond donors (Lipinski definition) is 1. The normalized spacial score (nSPS) is 10.7. The zero-order valence-electron chi connectivity index (χ0n) is 7.44. The van der Waals surface area contributed by atoms with Gasteiger partial charge in [0.15, 0.2) is 5.01 Å². The van der Waals surface area contributed by atoms with Gasteiger partial charge in [0.25, 0.3) is 0 Å². The fourth-order valence-corrected chi connectivity index (χ4v) is 2.43. The van der Waals surface area contributed by atoms with Gasteiger partial charge in [0.1, 0.15) is 5.69 Å². The van der Waals surface area contributed by atoms with Gasteiger partial charge in [-0.25, -0.2) is 0 Å². The van der Waals surface area contributed by atoms with E-state index in [9.17, 15) is 0 Å². The van der Waals surface area contributed by atoms with Gasteiger partial charge in [-0.3, -0.25) is 4.68 Å². The van der Waals surface area contributed by atoms with E-state index in [2.05, 4.69) is 31.2 Å². The molecular formula is C7H8BrN5S. The highest BCUT2D eigenvalue weighted by molar-refractivity contribution is 9.10. The Bertz CT molecular complexity index is 449. The molecule has 0 aromatic carbocycles. The quantitative estimate of drug-likeness (QED) is 0.906. The molecule has 2 rings (SSSR count). The van der Waals surface area contributed by atoms with Gasteiger partial charge in [-0.1, -0.05) is 11.3 Å². The van der Waals surface area contributed by atoms with E-state index in [1.807, 2.05) is 11.6 Å². The van der Waals surface area contributed by atoms with E-state index in [1.165, 1.54) is 11.3 Å². The summed E-state index contributed by atoms with van der Waals surface area (Å²) in [4.78, 5) is 0. The summed E-state index contributed by atoms with van der Waals surface area (Å²) in [6.45, 7) is 2.81. The molecule has 2 aromatic rings. The molecule has 74 valence electrons. The number of halogens is 1. The summed E-state index contributed by atoms with van der Waals surface area (Å²) in [6.07, 6.45) is 1.75. The molecule has 0 fully saturated rings. The van der Waals surface area contributed by atoms with Crippen molar-refractivity contribution in [3.8, 4) is 10.7 Å². The van der Waals surface area contributed by atoms with Crippen LogP contribution in [0.5, 0.6) is 0 Å². The topological polar surface area (TPSA) is 69.6 Å². The highest BCUT2D eigenvalue weighted by Crippen LogP contribution is 2.30. The first kappa shape index (κ1) is 9.60. The van der Waals surface area contributed by atoms with Crippen LogP contribution >= 0.6 is 27.3 Å². The summed E-state index contributed by atoms with van der Waals surface area (Å²) in [7, 11) is 0. The largest absolute Gasteiger partial charge is 0.374 e. The number of nitrogen functional groups attached to an aromatic ring is 1. The maximum atomic E-state index is 5.53. The van der Waals surface area contributed by atoms with Crippen molar-refractivity contribution < 1.29 is 0 Å². The van der Waals surface area contributed by atoms with Crippen molar-refractivity contribution in [3.05, 3.63) is 10.7 Å². The van der Waals surface area contributed by atoms with Crippen molar-refractivity contribution in [1.29, 1.82) is 0 Å². The Balaban J connectivity index is 2.54. The number of aryl methyl sites for hydroxylation is 1. The van der Waals surface area contributed by atoms with Gasteiger partial charge >= 0.3 is 0 Å². The molecule has 0 radical (unpaired) electrons. The molecule has 0 aliphatic heterocycles. The van der Waals surface area contributed by atoms with Crippen LogP contribution in [0.15, 0.2) is 10.7 Å². The molecule has 2 aromatic heterocycles. The predicted molar refractivity (Wildman–Crippen MR) is 58.9 cm³/mol. The van der Waals surface area contributed by atoms with Crippen molar-refractivity contribution in [3.63, 3.8) is 0 Å². The maximum Gasteiger partial charge on any atom is 0.203 e. The minimum atomic E-state index is 0.468. The van der Waals surface area contributed by atoms with Crippen LogP contribution < -0.4 is 5.73 Å². The van der Waals surface area contributed by atoms with Crippen molar-refractivity contribution in [2.75, 3.05) is 5.73 Å². The first-order chi connectivity index (χ1) is 6.72. The second kappa shape index (κ2) is 3.66. The van der Waals surface area contributed by atoms with Crippen molar-refractivity contribution in [2.24, 2.45) is 0 Å². The lowest BCUT2D eigenvalue weighted by Gasteiger charge is -2.00. The van der Waals surface area contributed by atoms with Crippen LogP contribution in [0, 0.1) is 0 Å².